The van der Waals surface area contributed by atoms with Crippen molar-refractivity contribution in [3.8, 4) is 23.0 Å². The number of hydrogen-bond acceptors (Lipinski definition) is 8. The average molecular weight is 733 g/mol. The molecule has 0 aromatic heterocycles. The van der Waals surface area contributed by atoms with Crippen LogP contribution in [0.2, 0.25) is 0 Å². The molecule has 4 aromatic carbocycles. The van der Waals surface area contributed by atoms with Gasteiger partial charge in [0.1, 0.15) is 23.0 Å². The molecule has 0 radical (unpaired) electrons. The van der Waals surface area contributed by atoms with Crippen LogP contribution in [-0.2, 0) is 37.0 Å². The molecule has 1 aliphatic carbocycles. The molecule has 0 bridgehead atoms. The first-order valence-corrected chi connectivity index (χ1v) is 19.2. The van der Waals surface area contributed by atoms with Gasteiger partial charge in [0.2, 0.25) is 0 Å². The van der Waals surface area contributed by atoms with E-state index in [-0.39, 0.29) is 45.9 Å². The van der Waals surface area contributed by atoms with Gasteiger partial charge in [0.25, 0.3) is 0 Å². The summed E-state index contributed by atoms with van der Waals surface area (Å²) in [7, 11) is 4.31. The fraction of sp³-hybridized carbons (Fsp3) is 0.435. The molecule has 1 saturated carbocycles. The Kier molecular flexibility index (Phi) is 12.9. The molecule has 5 rings (SSSR count). The van der Waals surface area contributed by atoms with Gasteiger partial charge >= 0.3 is 0 Å². The quantitative estimate of drug-likeness (QED) is 0.108. The second kappa shape index (κ2) is 17.2. The van der Waals surface area contributed by atoms with Gasteiger partial charge in [-0.05, 0) is 73.2 Å². The molecule has 54 heavy (non-hydrogen) atoms. The Labute approximate surface area is 322 Å². The first-order valence-electron chi connectivity index (χ1n) is 19.2. The summed E-state index contributed by atoms with van der Waals surface area (Å²) in [6.45, 7) is 14.9. The van der Waals surface area contributed by atoms with E-state index in [4.69, 9.17) is 0 Å². The molecule has 0 aliphatic heterocycles. The summed E-state index contributed by atoms with van der Waals surface area (Å²) < 4.78 is 0. The van der Waals surface area contributed by atoms with Crippen molar-refractivity contribution in [1.29, 1.82) is 0 Å². The zero-order valence-electron chi connectivity index (χ0n) is 33.5. The van der Waals surface area contributed by atoms with Crippen LogP contribution in [0.25, 0.3) is 0 Å². The highest BCUT2D eigenvalue weighted by Gasteiger charge is 2.33. The fourth-order valence-electron chi connectivity index (χ4n) is 7.41. The molecule has 8 heteroatoms. The van der Waals surface area contributed by atoms with Gasteiger partial charge in [0.05, 0.1) is 13.1 Å². The smallest absolute Gasteiger partial charge is 0.128 e. The van der Waals surface area contributed by atoms with Crippen molar-refractivity contribution in [2.24, 2.45) is 9.98 Å². The molecule has 4 N–H and O–H groups in total. The number of benzene rings is 4. The third-order valence-electron chi connectivity index (χ3n) is 10.8. The topological polar surface area (TPSA) is 112 Å². The predicted molar refractivity (Wildman–Crippen MR) is 221 cm³/mol. The predicted octanol–water partition coefficient (Wildman–Crippen LogP) is 9.22. The van der Waals surface area contributed by atoms with Crippen LogP contribution in [0.3, 0.4) is 0 Å². The van der Waals surface area contributed by atoms with E-state index in [0.29, 0.717) is 37.3 Å². The number of aliphatic imine (C=N–C) groups is 2. The Morgan fingerprint density at radius 3 is 1.30 bits per heavy atom. The van der Waals surface area contributed by atoms with Gasteiger partial charge in [-0.15, -0.1) is 0 Å². The molecule has 1 fully saturated rings. The van der Waals surface area contributed by atoms with Gasteiger partial charge in [-0.3, -0.25) is 19.8 Å². The molecule has 0 amide bonds. The normalized spacial score (nSPS) is 17.0. The van der Waals surface area contributed by atoms with Crippen LogP contribution in [0.1, 0.15) is 112 Å². The first-order chi connectivity index (χ1) is 25.5. The van der Waals surface area contributed by atoms with Crippen molar-refractivity contribution in [3.05, 3.63) is 117 Å². The highest BCUT2D eigenvalue weighted by Crippen LogP contribution is 2.36. The van der Waals surface area contributed by atoms with Gasteiger partial charge < -0.3 is 20.4 Å². The highest BCUT2D eigenvalue weighted by atomic mass is 16.3. The SMILES string of the molecule is CN(Cc1cc(C(C)(C)C)cc(/C=N/Cc2ccccc2O)c1O)C1CCCCC1N(C)Cc1cc(C(C)(C)C)cc(/C=N/Cc2ccccc2O)c1O. The van der Waals surface area contributed by atoms with Crippen molar-refractivity contribution in [3.63, 3.8) is 0 Å². The molecule has 2 unspecified atom stereocenters. The van der Waals surface area contributed by atoms with Gasteiger partial charge in [-0.25, -0.2) is 0 Å². The fourth-order valence-corrected chi connectivity index (χ4v) is 7.41. The summed E-state index contributed by atoms with van der Waals surface area (Å²) in [5.74, 6) is 0.891. The van der Waals surface area contributed by atoms with Crippen LogP contribution < -0.4 is 0 Å². The lowest BCUT2D eigenvalue weighted by atomic mass is 9.84. The number of rotatable bonds is 12. The van der Waals surface area contributed by atoms with E-state index < -0.39 is 0 Å². The molecule has 2 atom stereocenters. The standard InChI is InChI=1S/C46H60N4O4/c1-45(2,3)37-21-33(27-47-25-31-15-9-13-19-41(31)51)43(53)35(23-37)29-49(7)39-17-11-12-18-40(39)50(8)30-36-24-38(46(4,5)6)22-34(44(36)54)28-48-26-32-16-10-14-20-42(32)52/h9-10,13-16,19-24,27-28,39-40,51-54H,11-12,17-18,25-26,29-30H2,1-8H3/b47-27+,48-28+. The molecule has 4 aromatic rings. The molecular formula is C46H60N4O4. The van der Waals surface area contributed by atoms with Crippen LogP contribution >= 0.6 is 0 Å². The summed E-state index contributed by atoms with van der Waals surface area (Å²) >= 11 is 0. The first kappa shape index (κ1) is 40.5. The Balaban J connectivity index is 1.38. The Morgan fingerprint density at radius 2 is 0.944 bits per heavy atom. The third kappa shape index (κ3) is 10.1. The maximum absolute atomic E-state index is 11.6. The van der Waals surface area contributed by atoms with E-state index in [2.05, 4.69) is 87.6 Å². The molecular weight excluding hydrogens is 673 g/mol. The zero-order chi connectivity index (χ0) is 39.2. The minimum atomic E-state index is -0.134. The Bertz CT molecular complexity index is 1810. The van der Waals surface area contributed by atoms with Crippen LogP contribution in [0.4, 0.5) is 0 Å². The Hall–Kier alpha value is -4.66. The largest absolute Gasteiger partial charge is 0.508 e. The van der Waals surface area contributed by atoms with Gasteiger partial charge in [0.15, 0.2) is 0 Å². The van der Waals surface area contributed by atoms with Crippen LogP contribution in [0.15, 0.2) is 82.8 Å². The molecule has 0 saturated heterocycles. The number of phenolic OH excluding ortho intramolecular Hbond substituents is 4. The lowest BCUT2D eigenvalue weighted by Gasteiger charge is -2.43. The Morgan fingerprint density at radius 1 is 0.574 bits per heavy atom. The number of phenols is 4. The number of para-hydroxylation sites is 2. The van der Waals surface area contributed by atoms with Gasteiger partial charge in [0, 0.05) is 71.0 Å². The van der Waals surface area contributed by atoms with E-state index in [1.165, 1.54) is 0 Å². The summed E-state index contributed by atoms with van der Waals surface area (Å²) in [5, 5.41) is 43.6. The van der Waals surface area contributed by atoms with E-state index in [0.717, 1.165) is 59.1 Å². The maximum Gasteiger partial charge on any atom is 0.128 e. The summed E-state index contributed by atoms with van der Waals surface area (Å²) in [6.07, 6.45) is 7.80. The maximum atomic E-state index is 11.6. The zero-order valence-corrected chi connectivity index (χ0v) is 33.5. The minimum Gasteiger partial charge on any atom is -0.508 e. The molecule has 0 spiro atoms. The van der Waals surface area contributed by atoms with Gasteiger partial charge in [-0.2, -0.15) is 0 Å². The lowest BCUT2D eigenvalue weighted by Crippen LogP contribution is -2.50. The van der Waals surface area contributed by atoms with Crippen molar-refractivity contribution >= 4 is 12.4 Å². The molecule has 8 nitrogen and oxygen atoms in total. The number of hydrogen-bond donors (Lipinski definition) is 4. The number of aromatic hydroxyl groups is 4. The number of likely N-dealkylation sites (N-methyl/N-ethyl adjacent to an activating group) is 2. The van der Waals surface area contributed by atoms with E-state index in [1.54, 1.807) is 36.7 Å². The van der Waals surface area contributed by atoms with Crippen molar-refractivity contribution in [1.82, 2.24) is 9.80 Å². The van der Waals surface area contributed by atoms with Crippen molar-refractivity contribution < 1.29 is 20.4 Å². The summed E-state index contributed by atoms with van der Waals surface area (Å²) in [4.78, 5) is 14.0. The van der Waals surface area contributed by atoms with Gasteiger partial charge in [-0.1, -0.05) is 103 Å². The molecule has 288 valence electrons. The van der Waals surface area contributed by atoms with E-state index >= 15 is 0 Å². The second-order valence-electron chi connectivity index (χ2n) is 17.1. The molecule has 1 aliphatic rings. The third-order valence-corrected chi connectivity index (χ3v) is 10.8. The molecule has 0 heterocycles. The summed E-state index contributed by atoms with van der Waals surface area (Å²) in [5.41, 5.74) is 6.53. The minimum absolute atomic E-state index is 0.134. The van der Waals surface area contributed by atoms with Crippen LogP contribution in [-0.4, -0.2) is 68.8 Å². The lowest BCUT2D eigenvalue weighted by molar-refractivity contribution is 0.0684. The highest BCUT2D eigenvalue weighted by molar-refractivity contribution is 5.85. The van der Waals surface area contributed by atoms with E-state index in [1.807, 2.05) is 36.4 Å². The van der Waals surface area contributed by atoms with Crippen molar-refractivity contribution in [2.45, 2.75) is 116 Å². The van der Waals surface area contributed by atoms with E-state index in [9.17, 15) is 20.4 Å². The second-order valence-corrected chi connectivity index (χ2v) is 17.1. The van der Waals surface area contributed by atoms with Crippen LogP contribution in [0, 0.1) is 0 Å². The number of nitrogens with zero attached hydrogens (tertiary/aromatic N) is 4. The van der Waals surface area contributed by atoms with Crippen LogP contribution in [0.5, 0.6) is 23.0 Å². The monoisotopic (exact) mass is 732 g/mol. The average Bonchev–Trinajstić information content (AvgIpc) is 3.11. The summed E-state index contributed by atoms with van der Waals surface area (Å²) in [6, 6.07) is 23.2. The van der Waals surface area contributed by atoms with Crippen molar-refractivity contribution in [2.75, 3.05) is 14.1 Å².